The third-order valence-corrected chi connectivity index (χ3v) is 4.85. The van der Waals surface area contributed by atoms with Gasteiger partial charge in [0.05, 0.1) is 12.1 Å². The second-order valence-electron chi connectivity index (χ2n) is 6.78. The highest BCUT2D eigenvalue weighted by Gasteiger charge is 2.40. The zero-order valence-electron chi connectivity index (χ0n) is 12.4. The van der Waals surface area contributed by atoms with Crippen LogP contribution in [0.4, 0.5) is 0 Å². The molecule has 1 aliphatic heterocycles. The number of nitrogens with one attached hydrogen (secondary N) is 2. The van der Waals surface area contributed by atoms with E-state index in [4.69, 9.17) is 0 Å². The van der Waals surface area contributed by atoms with Crippen molar-refractivity contribution < 1.29 is 4.79 Å². The molecule has 0 radical (unpaired) electrons. The van der Waals surface area contributed by atoms with Crippen molar-refractivity contribution in [2.75, 3.05) is 6.54 Å². The lowest BCUT2D eigenvalue weighted by atomic mass is 9.83. The Labute approximate surface area is 121 Å². The zero-order valence-corrected chi connectivity index (χ0v) is 12.4. The molecule has 3 nitrogen and oxygen atoms in total. The molecule has 3 rings (SSSR count). The Balaban J connectivity index is 1.74. The van der Waals surface area contributed by atoms with E-state index >= 15 is 0 Å². The number of rotatable bonds is 2. The monoisotopic (exact) mass is 272 g/mol. The maximum absolute atomic E-state index is 12.6. The van der Waals surface area contributed by atoms with Crippen molar-refractivity contribution in [3.8, 4) is 0 Å². The predicted molar refractivity (Wildman–Crippen MR) is 80.5 cm³/mol. The summed E-state index contributed by atoms with van der Waals surface area (Å²) >= 11 is 0. The number of carbonyl (C=O) groups excluding carboxylic acids is 1. The highest BCUT2D eigenvalue weighted by atomic mass is 16.2. The van der Waals surface area contributed by atoms with E-state index in [9.17, 15) is 4.79 Å². The summed E-state index contributed by atoms with van der Waals surface area (Å²) in [4.78, 5) is 12.6. The van der Waals surface area contributed by atoms with E-state index in [0.717, 1.165) is 32.2 Å². The molecule has 0 aromatic heterocycles. The Morgan fingerprint density at radius 1 is 1.35 bits per heavy atom. The van der Waals surface area contributed by atoms with Gasteiger partial charge in [0.25, 0.3) is 0 Å². The summed E-state index contributed by atoms with van der Waals surface area (Å²) in [7, 11) is 0. The van der Waals surface area contributed by atoms with Gasteiger partial charge in [-0.1, -0.05) is 38.1 Å². The van der Waals surface area contributed by atoms with Gasteiger partial charge in [-0.2, -0.15) is 0 Å². The lowest BCUT2D eigenvalue weighted by molar-refractivity contribution is -0.125. The summed E-state index contributed by atoms with van der Waals surface area (Å²) in [6, 6.07) is 8.63. The fourth-order valence-corrected chi connectivity index (χ4v) is 3.57. The molecule has 0 unspecified atom stereocenters. The maximum Gasteiger partial charge on any atom is 0.238 e. The number of fused-ring (bicyclic) bond motifs is 1. The number of hydrogen-bond donors (Lipinski definition) is 2. The van der Waals surface area contributed by atoms with Crippen molar-refractivity contribution in [3.63, 3.8) is 0 Å². The molecule has 1 aromatic carbocycles. The molecular formula is C17H24N2O. The molecule has 1 heterocycles. The number of hydrogen-bond acceptors (Lipinski definition) is 2. The van der Waals surface area contributed by atoms with Gasteiger partial charge in [-0.25, -0.2) is 0 Å². The standard InChI is InChI=1S/C17H24N2O/c1-17(2)10-11-18-15(17)16(20)19-14-9-5-7-12-6-3-4-8-13(12)14/h3-4,6,8,14-15,18H,5,7,9-11H2,1-2H3,(H,19,20)/t14-,15+/m0/s1. The van der Waals surface area contributed by atoms with E-state index < -0.39 is 0 Å². The Hall–Kier alpha value is -1.35. The first-order valence-corrected chi connectivity index (χ1v) is 7.69. The van der Waals surface area contributed by atoms with Crippen molar-refractivity contribution >= 4 is 5.91 Å². The van der Waals surface area contributed by atoms with Gasteiger partial charge in [-0.3, -0.25) is 4.79 Å². The molecule has 0 saturated carbocycles. The second kappa shape index (κ2) is 5.21. The van der Waals surface area contributed by atoms with Crippen LogP contribution in [0.15, 0.2) is 24.3 Å². The predicted octanol–water partition coefficient (Wildman–Crippen LogP) is 2.57. The lowest BCUT2D eigenvalue weighted by Gasteiger charge is -2.30. The van der Waals surface area contributed by atoms with Crippen molar-refractivity contribution in [2.24, 2.45) is 5.41 Å². The molecule has 2 N–H and O–H groups in total. The van der Waals surface area contributed by atoms with Crippen LogP contribution in [0.5, 0.6) is 0 Å². The summed E-state index contributed by atoms with van der Waals surface area (Å²) < 4.78 is 0. The van der Waals surface area contributed by atoms with Gasteiger partial charge in [0, 0.05) is 0 Å². The molecule has 1 saturated heterocycles. The Morgan fingerprint density at radius 2 is 2.15 bits per heavy atom. The Kier molecular flexibility index (Phi) is 3.55. The molecule has 1 aliphatic carbocycles. The quantitative estimate of drug-likeness (QED) is 0.869. The Morgan fingerprint density at radius 3 is 2.90 bits per heavy atom. The van der Waals surface area contributed by atoms with Crippen LogP contribution in [0.3, 0.4) is 0 Å². The zero-order chi connectivity index (χ0) is 14.2. The highest BCUT2D eigenvalue weighted by Crippen LogP contribution is 2.32. The average Bonchev–Trinajstić information content (AvgIpc) is 2.79. The van der Waals surface area contributed by atoms with Gasteiger partial charge in [0.2, 0.25) is 5.91 Å². The normalized spacial score (nSPS) is 27.9. The van der Waals surface area contributed by atoms with Crippen LogP contribution < -0.4 is 10.6 Å². The molecule has 20 heavy (non-hydrogen) atoms. The number of aryl methyl sites for hydroxylation is 1. The summed E-state index contributed by atoms with van der Waals surface area (Å²) in [5, 5.41) is 6.62. The fourth-order valence-electron chi connectivity index (χ4n) is 3.57. The number of amides is 1. The SMILES string of the molecule is CC1(C)CCN[C@@H]1C(=O)N[C@H]1CCCc2ccccc21. The average molecular weight is 272 g/mol. The lowest BCUT2D eigenvalue weighted by Crippen LogP contribution is -2.48. The van der Waals surface area contributed by atoms with Gasteiger partial charge in [0.1, 0.15) is 0 Å². The van der Waals surface area contributed by atoms with Crippen molar-refractivity contribution in [1.29, 1.82) is 0 Å². The van der Waals surface area contributed by atoms with Gasteiger partial charge < -0.3 is 10.6 Å². The minimum Gasteiger partial charge on any atom is -0.348 e. The molecule has 3 heteroatoms. The molecule has 1 fully saturated rings. The van der Waals surface area contributed by atoms with Gasteiger partial charge in [0.15, 0.2) is 0 Å². The molecule has 2 atom stereocenters. The molecule has 0 spiro atoms. The topological polar surface area (TPSA) is 41.1 Å². The largest absolute Gasteiger partial charge is 0.348 e. The van der Waals surface area contributed by atoms with Gasteiger partial charge in [-0.05, 0) is 48.8 Å². The first kappa shape index (κ1) is 13.6. The van der Waals surface area contributed by atoms with Crippen LogP contribution in [0, 0.1) is 5.41 Å². The van der Waals surface area contributed by atoms with Crippen LogP contribution in [0.1, 0.15) is 50.3 Å². The molecule has 2 aliphatic rings. The second-order valence-corrected chi connectivity index (χ2v) is 6.78. The van der Waals surface area contributed by atoms with Crippen molar-refractivity contribution in [2.45, 2.75) is 51.6 Å². The van der Waals surface area contributed by atoms with Gasteiger partial charge in [-0.15, -0.1) is 0 Å². The van der Waals surface area contributed by atoms with E-state index in [2.05, 4.69) is 48.7 Å². The third-order valence-electron chi connectivity index (χ3n) is 4.85. The first-order valence-electron chi connectivity index (χ1n) is 7.69. The summed E-state index contributed by atoms with van der Waals surface area (Å²) in [5.74, 6) is 0.161. The van der Waals surface area contributed by atoms with Crippen LogP contribution >= 0.6 is 0 Å². The minimum absolute atomic E-state index is 0.0538. The fraction of sp³-hybridized carbons (Fsp3) is 0.588. The third kappa shape index (κ3) is 2.47. The summed E-state index contributed by atoms with van der Waals surface area (Å²) in [6.07, 6.45) is 4.40. The number of benzene rings is 1. The van der Waals surface area contributed by atoms with Crippen LogP contribution in [-0.2, 0) is 11.2 Å². The maximum atomic E-state index is 12.6. The van der Waals surface area contributed by atoms with Crippen LogP contribution in [0.25, 0.3) is 0 Å². The molecule has 1 amide bonds. The number of carbonyl (C=O) groups is 1. The smallest absolute Gasteiger partial charge is 0.238 e. The summed E-state index contributed by atoms with van der Waals surface area (Å²) in [5.41, 5.74) is 2.75. The summed E-state index contributed by atoms with van der Waals surface area (Å²) in [6.45, 7) is 5.28. The van der Waals surface area contributed by atoms with Gasteiger partial charge >= 0.3 is 0 Å². The van der Waals surface area contributed by atoms with Crippen molar-refractivity contribution in [3.05, 3.63) is 35.4 Å². The molecule has 108 valence electrons. The van der Waals surface area contributed by atoms with Crippen LogP contribution in [-0.4, -0.2) is 18.5 Å². The van der Waals surface area contributed by atoms with E-state index in [1.165, 1.54) is 11.1 Å². The van der Waals surface area contributed by atoms with E-state index in [1.807, 2.05) is 0 Å². The van der Waals surface area contributed by atoms with E-state index in [0.29, 0.717) is 0 Å². The molecular weight excluding hydrogens is 248 g/mol. The molecule has 0 bridgehead atoms. The van der Waals surface area contributed by atoms with Crippen molar-refractivity contribution in [1.82, 2.24) is 10.6 Å². The van der Waals surface area contributed by atoms with E-state index in [1.54, 1.807) is 0 Å². The van der Waals surface area contributed by atoms with E-state index in [-0.39, 0.29) is 23.4 Å². The Bertz CT molecular complexity index is 509. The first-order chi connectivity index (χ1) is 9.58. The van der Waals surface area contributed by atoms with Crippen LogP contribution in [0.2, 0.25) is 0 Å². The molecule has 1 aromatic rings. The minimum atomic E-state index is -0.0587. The highest BCUT2D eigenvalue weighted by molar-refractivity contribution is 5.83.